The fourth-order valence-corrected chi connectivity index (χ4v) is 3.53. The number of benzene rings is 1. The van der Waals surface area contributed by atoms with E-state index in [1.54, 1.807) is 11.3 Å². The summed E-state index contributed by atoms with van der Waals surface area (Å²) in [6.45, 7) is 1.80. The summed E-state index contributed by atoms with van der Waals surface area (Å²) in [4.78, 5) is 13.1. The molecule has 6 nitrogen and oxygen atoms in total. The van der Waals surface area contributed by atoms with E-state index < -0.39 is 0 Å². The van der Waals surface area contributed by atoms with Gasteiger partial charge >= 0.3 is 0 Å². The number of aromatic nitrogens is 3. The lowest BCUT2D eigenvalue weighted by atomic mass is 10.3. The smallest absolute Gasteiger partial charge is 0.221 e. The number of carbonyl (C=O) groups is 1. The first-order valence-electron chi connectivity index (χ1n) is 8.87. The van der Waals surface area contributed by atoms with E-state index in [1.165, 1.54) is 0 Å². The second-order valence-corrected chi connectivity index (χ2v) is 7.28. The summed E-state index contributed by atoms with van der Waals surface area (Å²) in [5.41, 5.74) is 0. The maximum Gasteiger partial charge on any atom is 0.221 e. The molecule has 0 bridgehead atoms. The van der Waals surface area contributed by atoms with Crippen LogP contribution in [-0.2, 0) is 11.3 Å². The molecule has 0 atom stereocenters. The van der Waals surface area contributed by atoms with Crippen LogP contribution in [0.1, 0.15) is 19.3 Å². The van der Waals surface area contributed by atoms with Crippen molar-refractivity contribution in [3.8, 4) is 16.5 Å². The highest BCUT2D eigenvalue weighted by molar-refractivity contribution is 7.71. The van der Waals surface area contributed by atoms with Gasteiger partial charge in [-0.1, -0.05) is 24.3 Å². The Morgan fingerprint density at radius 3 is 2.85 bits per heavy atom. The molecule has 3 rings (SSSR count). The Morgan fingerprint density at radius 2 is 2.07 bits per heavy atom. The zero-order chi connectivity index (χ0) is 18.9. The average molecular weight is 403 g/mol. The summed E-state index contributed by atoms with van der Waals surface area (Å²) in [5.74, 6) is 1.67. The SMILES string of the molecule is O=C(CCn1c(-c2cccs2)n[nH]c1=S)NCCCCOc1ccccc1. The largest absolute Gasteiger partial charge is 0.494 e. The second-order valence-electron chi connectivity index (χ2n) is 5.95. The molecule has 0 aliphatic carbocycles. The summed E-state index contributed by atoms with van der Waals surface area (Å²) in [6, 6.07) is 13.7. The maximum atomic E-state index is 12.1. The van der Waals surface area contributed by atoms with Gasteiger partial charge in [0.2, 0.25) is 5.91 Å². The highest BCUT2D eigenvalue weighted by Gasteiger charge is 2.11. The number of H-pyrrole nitrogens is 1. The van der Waals surface area contributed by atoms with Gasteiger partial charge in [-0.15, -0.1) is 11.3 Å². The summed E-state index contributed by atoms with van der Waals surface area (Å²) in [7, 11) is 0. The Morgan fingerprint density at radius 1 is 1.22 bits per heavy atom. The molecule has 1 amide bonds. The molecule has 0 aliphatic rings. The molecule has 0 saturated heterocycles. The number of unbranched alkanes of at least 4 members (excludes halogenated alkanes) is 1. The number of nitrogens with one attached hydrogen (secondary N) is 2. The topological polar surface area (TPSA) is 71.9 Å². The van der Waals surface area contributed by atoms with E-state index in [-0.39, 0.29) is 5.91 Å². The molecule has 0 spiro atoms. The van der Waals surface area contributed by atoms with Gasteiger partial charge in [0.25, 0.3) is 0 Å². The first kappa shape index (κ1) is 19.3. The summed E-state index contributed by atoms with van der Waals surface area (Å²) < 4.78 is 8.04. The fraction of sp³-hybridized carbons (Fsp3) is 0.316. The van der Waals surface area contributed by atoms with E-state index in [0.29, 0.717) is 30.9 Å². The first-order valence-corrected chi connectivity index (χ1v) is 10.2. The Balaban J connectivity index is 1.35. The van der Waals surface area contributed by atoms with Crippen LogP contribution in [0.25, 0.3) is 10.7 Å². The molecule has 8 heteroatoms. The number of hydrogen-bond acceptors (Lipinski definition) is 5. The normalized spacial score (nSPS) is 10.7. The molecule has 3 aromatic rings. The van der Waals surface area contributed by atoms with Crippen LogP contribution < -0.4 is 10.1 Å². The van der Waals surface area contributed by atoms with E-state index in [2.05, 4.69) is 15.5 Å². The van der Waals surface area contributed by atoms with Crippen molar-refractivity contribution >= 4 is 29.5 Å². The van der Waals surface area contributed by atoms with Crippen molar-refractivity contribution in [1.29, 1.82) is 0 Å². The minimum atomic E-state index is 0.0132. The van der Waals surface area contributed by atoms with Crippen LogP contribution in [0.3, 0.4) is 0 Å². The molecule has 1 aromatic carbocycles. The molecule has 2 aromatic heterocycles. The molecule has 27 heavy (non-hydrogen) atoms. The van der Waals surface area contributed by atoms with Crippen molar-refractivity contribution in [1.82, 2.24) is 20.1 Å². The average Bonchev–Trinajstić information content (AvgIpc) is 3.33. The molecule has 2 heterocycles. The molecule has 0 fully saturated rings. The van der Waals surface area contributed by atoms with E-state index in [9.17, 15) is 4.79 Å². The predicted octanol–water partition coefficient (Wildman–Crippen LogP) is 4.03. The Kier molecular flexibility index (Phi) is 7.18. The van der Waals surface area contributed by atoms with Crippen molar-refractivity contribution in [3.63, 3.8) is 0 Å². The summed E-state index contributed by atoms with van der Waals surface area (Å²) >= 11 is 6.87. The number of aromatic amines is 1. The minimum Gasteiger partial charge on any atom is -0.494 e. The standard InChI is InChI=1S/C19H22N4O2S2/c24-17(20-11-4-5-13-25-15-7-2-1-3-8-15)10-12-23-18(21-22-19(23)26)16-9-6-14-27-16/h1-3,6-9,14H,4-5,10-13H2,(H,20,24)(H,22,26). The van der Waals surface area contributed by atoms with E-state index >= 15 is 0 Å². The monoisotopic (exact) mass is 402 g/mol. The zero-order valence-electron chi connectivity index (χ0n) is 14.9. The van der Waals surface area contributed by atoms with Crippen LogP contribution in [0, 0.1) is 4.77 Å². The number of amides is 1. The van der Waals surface area contributed by atoms with Crippen LogP contribution in [0.15, 0.2) is 47.8 Å². The third kappa shape index (κ3) is 5.77. The van der Waals surface area contributed by atoms with Gasteiger partial charge in [-0.2, -0.15) is 5.10 Å². The number of thiophene rings is 1. The van der Waals surface area contributed by atoms with Crippen molar-refractivity contribution in [2.24, 2.45) is 0 Å². The second kappa shape index (κ2) is 10.0. The van der Waals surface area contributed by atoms with Crippen molar-refractivity contribution in [2.75, 3.05) is 13.2 Å². The van der Waals surface area contributed by atoms with Crippen LogP contribution in [0.2, 0.25) is 0 Å². The maximum absolute atomic E-state index is 12.1. The minimum absolute atomic E-state index is 0.0132. The van der Waals surface area contributed by atoms with Gasteiger partial charge < -0.3 is 10.1 Å². The van der Waals surface area contributed by atoms with Crippen molar-refractivity contribution < 1.29 is 9.53 Å². The molecule has 0 saturated carbocycles. The van der Waals surface area contributed by atoms with Gasteiger partial charge in [-0.25, -0.2) is 0 Å². The zero-order valence-corrected chi connectivity index (χ0v) is 16.5. The number of rotatable bonds is 10. The molecular formula is C19H22N4O2S2. The highest BCUT2D eigenvalue weighted by Crippen LogP contribution is 2.22. The van der Waals surface area contributed by atoms with Gasteiger partial charge in [0.1, 0.15) is 5.75 Å². The lowest BCUT2D eigenvalue weighted by Gasteiger charge is -2.08. The number of carbonyl (C=O) groups excluding carboxylic acids is 1. The number of hydrogen-bond donors (Lipinski definition) is 2. The van der Waals surface area contributed by atoms with Crippen molar-refractivity contribution in [3.05, 3.63) is 52.6 Å². The number of para-hydroxylation sites is 1. The van der Waals surface area contributed by atoms with E-state index in [0.717, 1.165) is 29.3 Å². The van der Waals surface area contributed by atoms with Crippen LogP contribution in [0.5, 0.6) is 5.75 Å². The van der Waals surface area contributed by atoms with Gasteiger partial charge in [-0.3, -0.25) is 14.5 Å². The number of nitrogens with zero attached hydrogens (tertiary/aromatic N) is 2. The van der Waals surface area contributed by atoms with Crippen LogP contribution in [0.4, 0.5) is 0 Å². The molecule has 0 unspecified atom stereocenters. The van der Waals surface area contributed by atoms with Gasteiger partial charge in [-0.05, 0) is 48.6 Å². The lowest BCUT2D eigenvalue weighted by molar-refractivity contribution is -0.121. The summed E-state index contributed by atoms with van der Waals surface area (Å²) in [5, 5.41) is 12.0. The lowest BCUT2D eigenvalue weighted by Crippen LogP contribution is -2.25. The van der Waals surface area contributed by atoms with Gasteiger partial charge in [0.15, 0.2) is 10.6 Å². The van der Waals surface area contributed by atoms with Gasteiger partial charge in [0, 0.05) is 19.5 Å². The molecule has 0 aliphatic heterocycles. The Bertz CT molecular complexity index is 888. The van der Waals surface area contributed by atoms with Crippen LogP contribution in [-0.4, -0.2) is 33.8 Å². The quantitative estimate of drug-likeness (QED) is 0.397. The first-order chi connectivity index (χ1) is 13.2. The molecule has 2 N–H and O–H groups in total. The van der Waals surface area contributed by atoms with Crippen molar-refractivity contribution in [2.45, 2.75) is 25.8 Å². The Labute approximate surface area is 167 Å². The summed E-state index contributed by atoms with van der Waals surface area (Å²) in [6.07, 6.45) is 2.14. The van der Waals surface area contributed by atoms with Gasteiger partial charge in [0.05, 0.1) is 11.5 Å². The Hall–Kier alpha value is -2.45. The number of ether oxygens (including phenoxy) is 1. The molecule has 142 valence electrons. The highest BCUT2D eigenvalue weighted by atomic mass is 32.1. The van der Waals surface area contributed by atoms with E-state index in [1.807, 2.05) is 52.4 Å². The third-order valence-corrected chi connectivity index (χ3v) is 5.15. The van der Waals surface area contributed by atoms with E-state index in [4.69, 9.17) is 17.0 Å². The predicted molar refractivity (Wildman–Crippen MR) is 110 cm³/mol. The van der Waals surface area contributed by atoms with Crippen LogP contribution >= 0.6 is 23.6 Å². The fourth-order valence-electron chi connectivity index (χ4n) is 2.58. The molecule has 0 radical (unpaired) electrons. The molecular weight excluding hydrogens is 380 g/mol. The third-order valence-electron chi connectivity index (χ3n) is 3.97.